The molecule has 0 heterocycles. The molecule has 0 N–H and O–H groups in total. The normalized spacial score (nSPS) is 9.74. The number of allylic oxidation sites excluding steroid dienone is 3. The highest BCUT2D eigenvalue weighted by Crippen LogP contribution is 2.34. The third kappa shape index (κ3) is 17.5. The lowest BCUT2D eigenvalue weighted by atomic mass is 9.92. The van der Waals surface area contributed by atoms with Crippen molar-refractivity contribution in [1.82, 2.24) is 0 Å². The number of aryl methyl sites for hydroxylation is 2. The van der Waals surface area contributed by atoms with Crippen molar-refractivity contribution < 1.29 is 23.2 Å². The molecule has 0 bridgehead atoms. The maximum atomic E-state index is 14.0. The third-order valence-corrected chi connectivity index (χ3v) is 5.45. The standard InChI is InChI=1S/C21H20F2O2.C10H12.3C2H6.CH2O/c1-14-4-5-18(11-16-6-8-17(13-24)9-7-16)12-19(14)20(10-15(2)25)21(3,22)23;1-8(2)10-6-4-5-9(3)7-10;4*1-2/h4-10,12-13H,11H2,1-3H3;4-7H,1H2,2-3H3;3*1-2H3;1H2/b20-10+;;;;;. The van der Waals surface area contributed by atoms with E-state index in [1.54, 1.807) is 31.2 Å². The van der Waals surface area contributed by atoms with Crippen LogP contribution in [0.1, 0.15) is 106 Å². The summed E-state index contributed by atoms with van der Waals surface area (Å²) in [5.41, 5.74) is 6.88. The second kappa shape index (κ2) is 24.6. The van der Waals surface area contributed by atoms with Crippen molar-refractivity contribution >= 4 is 30.0 Å². The number of ketones is 1. The maximum Gasteiger partial charge on any atom is 0.271 e. The van der Waals surface area contributed by atoms with E-state index in [0.717, 1.165) is 36.0 Å². The van der Waals surface area contributed by atoms with Gasteiger partial charge in [0.05, 0.1) is 0 Å². The average molecular weight is 595 g/mol. The Balaban J connectivity index is -0.000000738. The number of carbonyl (C=O) groups excluding carboxylic acids is 3. The molecule has 0 aromatic heterocycles. The van der Waals surface area contributed by atoms with E-state index in [9.17, 15) is 18.4 Å². The molecule has 0 atom stereocenters. The molecule has 0 unspecified atom stereocenters. The van der Waals surface area contributed by atoms with E-state index in [0.29, 0.717) is 23.1 Å². The predicted molar refractivity (Wildman–Crippen MR) is 182 cm³/mol. The smallest absolute Gasteiger partial charge is 0.271 e. The highest BCUT2D eigenvalue weighted by Gasteiger charge is 2.30. The monoisotopic (exact) mass is 594 g/mol. The van der Waals surface area contributed by atoms with Gasteiger partial charge in [-0.15, -0.1) is 0 Å². The van der Waals surface area contributed by atoms with E-state index in [2.05, 4.69) is 37.8 Å². The van der Waals surface area contributed by atoms with Gasteiger partial charge >= 0.3 is 0 Å². The van der Waals surface area contributed by atoms with Gasteiger partial charge in [0.1, 0.15) is 13.1 Å². The minimum absolute atomic E-state index is 0.268. The summed E-state index contributed by atoms with van der Waals surface area (Å²) in [6.07, 6.45) is 2.33. The van der Waals surface area contributed by atoms with E-state index >= 15 is 0 Å². The first-order valence-corrected chi connectivity index (χ1v) is 14.7. The number of hydrogen-bond donors (Lipinski definition) is 0. The van der Waals surface area contributed by atoms with Gasteiger partial charge in [-0.1, -0.05) is 126 Å². The van der Waals surface area contributed by atoms with E-state index in [4.69, 9.17) is 4.79 Å². The summed E-state index contributed by atoms with van der Waals surface area (Å²) in [5.74, 6) is -3.52. The van der Waals surface area contributed by atoms with Crippen molar-refractivity contribution in [3.63, 3.8) is 0 Å². The van der Waals surface area contributed by atoms with Crippen LogP contribution >= 0.6 is 0 Å². The molecule has 5 heteroatoms. The molecular formula is C38H52F2O3. The second-order valence-electron chi connectivity index (χ2n) is 8.89. The van der Waals surface area contributed by atoms with Crippen molar-refractivity contribution in [2.45, 2.75) is 88.5 Å². The predicted octanol–water partition coefficient (Wildman–Crippen LogP) is 10.9. The molecule has 0 spiro atoms. The van der Waals surface area contributed by atoms with Gasteiger partial charge in [0.2, 0.25) is 0 Å². The van der Waals surface area contributed by atoms with Crippen molar-refractivity contribution in [2.75, 3.05) is 0 Å². The van der Waals surface area contributed by atoms with Crippen LogP contribution in [0.5, 0.6) is 0 Å². The number of aldehydes is 1. The number of carbonyl (C=O) groups is 3. The number of rotatable bonds is 7. The Morgan fingerprint density at radius 3 is 1.72 bits per heavy atom. The van der Waals surface area contributed by atoms with Crippen molar-refractivity contribution in [1.29, 1.82) is 0 Å². The van der Waals surface area contributed by atoms with Crippen LogP contribution in [-0.4, -0.2) is 24.8 Å². The molecule has 0 aliphatic rings. The third-order valence-electron chi connectivity index (χ3n) is 5.45. The topological polar surface area (TPSA) is 51.2 Å². The van der Waals surface area contributed by atoms with Gasteiger partial charge in [0.15, 0.2) is 5.78 Å². The fraction of sp³-hybridized carbons (Fsp3) is 0.342. The summed E-state index contributed by atoms with van der Waals surface area (Å²) >= 11 is 0. The van der Waals surface area contributed by atoms with Crippen LogP contribution < -0.4 is 0 Å². The minimum Gasteiger partial charge on any atom is -0.307 e. The fourth-order valence-corrected chi connectivity index (χ4v) is 3.57. The Hall–Kier alpha value is -3.99. The molecule has 3 rings (SSSR count). The van der Waals surface area contributed by atoms with E-state index in [-0.39, 0.29) is 5.57 Å². The zero-order valence-corrected chi connectivity index (χ0v) is 28.1. The van der Waals surface area contributed by atoms with E-state index in [1.807, 2.05) is 73.5 Å². The Labute approximate surface area is 259 Å². The summed E-state index contributed by atoms with van der Waals surface area (Å²) in [5, 5.41) is 0. The Kier molecular flexibility index (Phi) is 24.9. The summed E-state index contributed by atoms with van der Waals surface area (Å²) in [4.78, 5) is 30.1. The van der Waals surface area contributed by atoms with Gasteiger partial charge in [0.25, 0.3) is 5.92 Å². The highest BCUT2D eigenvalue weighted by atomic mass is 19.3. The van der Waals surface area contributed by atoms with Gasteiger partial charge in [-0.25, -0.2) is 8.78 Å². The van der Waals surface area contributed by atoms with Crippen LogP contribution in [0.4, 0.5) is 8.78 Å². The first kappa shape index (κ1) is 43.5. The van der Waals surface area contributed by atoms with Gasteiger partial charge in [0, 0.05) is 18.1 Å². The summed E-state index contributed by atoms with van der Waals surface area (Å²) < 4.78 is 28.0. The first-order chi connectivity index (χ1) is 20.4. The molecular weight excluding hydrogens is 542 g/mol. The highest BCUT2D eigenvalue weighted by molar-refractivity contribution is 5.96. The van der Waals surface area contributed by atoms with Gasteiger partial charge in [-0.05, 0) is 68.0 Å². The SMILES string of the molecule is C=C(C)c1cccc(C)c1.C=O.CC.CC.CC.CC(=O)/C=C(\c1cc(Cc2ccc(C=O)cc2)ccc1C)C(C)(F)F. The molecule has 3 aromatic carbocycles. The van der Waals surface area contributed by atoms with Gasteiger partial charge in [-0.3, -0.25) is 9.59 Å². The maximum absolute atomic E-state index is 14.0. The lowest BCUT2D eigenvalue weighted by molar-refractivity contribution is -0.112. The number of benzene rings is 3. The Morgan fingerprint density at radius 2 is 1.33 bits per heavy atom. The summed E-state index contributed by atoms with van der Waals surface area (Å²) in [6.45, 7) is 25.8. The lowest BCUT2D eigenvalue weighted by Gasteiger charge is -2.18. The van der Waals surface area contributed by atoms with E-state index in [1.165, 1.54) is 18.1 Å². The van der Waals surface area contributed by atoms with Crippen LogP contribution in [0, 0.1) is 13.8 Å². The second-order valence-corrected chi connectivity index (χ2v) is 8.89. The van der Waals surface area contributed by atoms with Crippen LogP contribution in [0.3, 0.4) is 0 Å². The minimum atomic E-state index is -3.11. The Bertz CT molecular complexity index is 1250. The van der Waals surface area contributed by atoms with E-state index < -0.39 is 11.7 Å². The van der Waals surface area contributed by atoms with Crippen molar-refractivity contribution in [2.24, 2.45) is 0 Å². The first-order valence-electron chi connectivity index (χ1n) is 14.7. The molecule has 0 saturated carbocycles. The summed E-state index contributed by atoms with van der Waals surface area (Å²) in [7, 11) is 0. The molecule has 236 valence electrons. The molecule has 0 aliphatic carbocycles. The Morgan fingerprint density at radius 1 is 0.814 bits per heavy atom. The van der Waals surface area contributed by atoms with Gasteiger partial charge < -0.3 is 4.79 Å². The van der Waals surface area contributed by atoms with Crippen molar-refractivity contribution in [3.8, 4) is 0 Å². The van der Waals surface area contributed by atoms with Gasteiger partial charge in [-0.2, -0.15) is 0 Å². The number of halogens is 2. The molecule has 0 radical (unpaired) electrons. The molecule has 0 amide bonds. The summed E-state index contributed by atoms with van der Waals surface area (Å²) in [6, 6.07) is 20.8. The molecule has 0 fully saturated rings. The van der Waals surface area contributed by atoms with Crippen LogP contribution in [0.25, 0.3) is 11.1 Å². The molecule has 0 aliphatic heterocycles. The fourth-order valence-electron chi connectivity index (χ4n) is 3.57. The average Bonchev–Trinajstić information content (AvgIpc) is 3.01. The zero-order chi connectivity index (χ0) is 34.2. The van der Waals surface area contributed by atoms with Crippen molar-refractivity contribution in [3.05, 3.63) is 118 Å². The van der Waals surface area contributed by atoms with Crippen LogP contribution in [0.2, 0.25) is 0 Å². The molecule has 3 nitrogen and oxygen atoms in total. The molecule has 3 aromatic rings. The number of alkyl halides is 2. The molecule has 43 heavy (non-hydrogen) atoms. The largest absolute Gasteiger partial charge is 0.307 e. The van der Waals surface area contributed by atoms with Crippen LogP contribution in [0.15, 0.2) is 79.4 Å². The zero-order valence-electron chi connectivity index (χ0n) is 28.1. The molecule has 0 saturated heterocycles. The number of hydrogen-bond acceptors (Lipinski definition) is 3. The van der Waals surface area contributed by atoms with Crippen LogP contribution in [-0.2, 0) is 16.0 Å². The quantitative estimate of drug-likeness (QED) is 0.202. The lowest BCUT2D eigenvalue weighted by Crippen LogP contribution is -2.15.